The van der Waals surface area contributed by atoms with E-state index in [0.717, 1.165) is 5.39 Å². The van der Waals surface area contributed by atoms with Crippen LogP contribution in [-0.4, -0.2) is 9.55 Å². The molecule has 0 amide bonds. The van der Waals surface area contributed by atoms with Crippen LogP contribution >= 0.6 is 0 Å². The van der Waals surface area contributed by atoms with Crippen LogP contribution in [0.15, 0.2) is 109 Å². The van der Waals surface area contributed by atoms with E-state index < -0.39 is 0 Å². The summed E-state index contributed by atoms with van der Waals surface area (Å²) in [6, 6.07) is 35.7. The normalized spacial score (nSPS) is 14.1. The molecule has 2 nitrogen and oxygen atoms in total. The summed E-state index contributed by atoms with van der Waals surface area (Å²) < 4.78 is 2.44. The summed E-state index contributed by atoms with van der Waals surface area (Å²) in [5.41, 5.74) is 9.12. The molecule has 8 rings (SSSR count). The average Bonchev–Trinajstić information content (AvgIpc) is 3.36. The molecule has 0 fully saturated rings. The van der Waals surface area contributed by atoms with Crippen LogP contribution in [0.1, 0.15) is 25.0 Å². The Morgan fingerprint density at radius 3 is 2.31 bits per heavy atom. The molecule has 0 saturated heterocycles. The van der Waals surface area contributed by atoms with Gasteiger partial charge >= 0.3 is 0 Å². The van der Waals surface area contributed by atoms with Crippen molar-refractivity contribution >= 4 is 43.4 Å². The average molecular weight is 461 g/mol. The summed E-state index contributed by atoms with van der Waals surface area (Å²) in [4.78, 5) is 4.47. The lowest BCUT2D eigenvalue weighted by Gasteiger charge is -2.21. The fourth-order valence-corrected chi connectivity index (χ4v) is 6.52. The van der Waals surface area contributed by atoms with Gasteiger partial charge in [-0.15, -0.1) is 0 Å². The molecule has 1 aliphatic carbocycles. The standard InChI is InChI=1S/C34H24N2/c1-34(2)28-15-14-21-8-3-4-10-23(21)33(28)26-19-32-25(18-29(26)34)24-11-5-6-12-30(24)36(32)31-13-7-9-22-16-17-35-20-27(22)31/h3-20H,1-2H3. The van der Waals surface area contributed by atoms with Crippen LogP contribution in [0.4, 0.5) is 0 Å². The first-order chi connectivity index (χ1) is 17.6. The zero-order valence-corrected chi connectivity index (χ0v) is 20.3. The number of benzene rings is 5. The van der Waals surface area contributed by atoms with Crippen molar-refractivity contribution in [3.63, 3.8) is 0 Å². The molecule has 2 heteroatoms. The first-order valence-corrected chi connectivity index (χ1v) is 12.6. The molecule has 1 aliphatic rings. The van der Waals surface area contributed by atoms with Crippen molar-refractivity contribution in [2.45, 2.75) is 19.3 Å². The third kappa shape index (κ3) is 2.43. The lowest BCUT2D eigenvalue weighted by molar-refractivity contribution is 0.661. The zero-order valence-electron chi connectivity index (χ0n) is 20.3. The topological polar surface area (TPSA) is 17.8 Å². The molecule has 0 bridgehead atoms. The van der Waals surface area contributed by atoms with Gasteiger partial charge in [-0.3, -0.25) is 4.98 Å². The van der Waals surface area contributed by atoms with Crippen molar-refractivity contribution in [2.75, 3.05) is 0 Å². The maximum absolute atomic E-state index is 4.47. The summed E-state index contributed by atoms with van der Waals surface area (Å²) in [5.74, 6) is 0. The Bertz CT molecular complexity index is 2020. The Morgan fingerprint density at radius 2 is 1.39 bits per heavy atom. The van der Waals surface area contributed by atoms with Gasteiger partial charge < -0.3 is 4.57 Å². The Labute approximate surface area is 209 Å². The second kappa shape index (κ2) is 6.83. The highest BCUT2D eigenvalue weighted by atomic mass is 15.0. The first-order valence-electron chi connectivity index (χ1n) is 12.6. The van der Waals surface area contributed by atoms with E-state index in [4.69, 9.17) is 0 Å². The fraction of sp³-hybridized carbons (Fsp3) is 0.0882. The van der Waals surface area contributed by atoms with Crippen molar-refractivity contribution in [3.8, 4) is 16.8 Å². The third-order valence-electron chi connectivity index (χ3n) is 8.26. The lowest BCUT2D eigenvalue weighted by atomic mass is 9.81. The van der Waals surface area contributed by atoms with Gasteiger partial charge in [0.2, 0.25) is 0 Å². The van der Waals surface area contributed by atoms with E-state index in [1.54, 1.807) is 0 Å². The maximum atomic E-state index is 4.47. The number of hydrogen-bond acceptors (Lipinski definition) is 1. The predicted octanol–water partition coefficient (Wildman–Crippen LogP) is 8.79. The quantitative estimate of drug-likeness (QED) is 0.239. The van der Waals surface area contributed by atoms with Crippen molar-refractivity contribution in [1.29, 1.82) is 0 Å². The van der Waals surface area contributed by atoms with Crippen LogP contribution in [0.3, 0.4) is 0 Å². The number of aromatic nitrogens is 2. The highest BCUT2D eigenvalue weighted by molar-refractivity contribution is 6.14. The van der Waals surface area contributed by atoms with Gasteiger partial charge in [-0.1, -0.05) is 80.6 Å². The first kappa shape index (κ1) is 19.8. The number of nitrogens with zero attached hydrogens (tertiary/aromatic N) is 2. The number of hydrogen-bond donors (Lipinski definition) is 0. The maximum Gasteiger partial charge on any atom is 0.0556 e. The van der Waals surface area contributed by atoms with Crippen LogP contribution in [0.2, 0.25) is 0 Å². The zero-order chi connectivity index (χ0) is 24.0. The molecular formula is C34H24N2. The van der Waals surface area contributed by atoms with Gasteiger partial charge in [0.15, 0.2) is 0 Å². The molecule has 0 radical (unpaired) electrons. The molecule has 2 aromatic heterocycles. The summed E-state index contributed by atoms with van der Waals surface area (Å²) in [7, 11) is 0. The molecule has 170 valence electrons. The van der Waals surface area contributed by atoms with E-state index in [-0.39, 0.29) is 5.41 Å². The third-order valence-corrected chi connectivity index (χ3v) is 8.26. The molecule has 0 aliphatic heterocycles. The Morgan fingerprint density at radius 1 is 0.611 bits per heavy atom. The summed E-state index contributed by atoms with van der Waals surface area (Å²) in [6.45, 7) is 4.74. The minimum Gasteiger partial charge on any atom is -0.309 e. The fourth-order valence-electron chi connectivity index (χ4n) is 6.52. The van der Waals surface area contributed by atoms with Crippen LogP contribution in [0.5, 0.6) is 0 Å². The van der Waals surface area contributed by atoms with E-state index in [1.165, 1.54) is 65.9 Å². The second-order valence-electron chi connectivity index (χ2n) is 10.5. The summed E-state index contributed by atoms with van der Waals surface area (Å²) in [6.07, 6.45) is 3.86. The van der Waals surface area contributed by atoms with Gasteiger partial charge in [0.05, 0.1) is 16.7 Å². The largest absolute Gasteiger partial charge is 0.309 e. The van der Waals surface area contributed by atoms with Gasteiger partial charge in [-0.05, 0) is 68.7 Å². The van der Waals surface area contributed by atoms with Crippen molar-refractivity contribution < 1.29 is 0 Å². The Balaban J connectivity index is 1.56. The Hall–Kier alpha value is -4.43. The monoisotopic (exact) mass is 460 g/mol. The summed E-state index contributed by atoms with van der Waals surface area (Å²) in [5, 5.41) is 7.57. The smallest absolute Gasteiger partial charge is 0.0556 e. The van der Waals surface area contributed by atoms with Gasteiger partial charge in [-0.2, -0.15) is 0 Å². The molecule has 0 spiro atoms. The molecular weight excluding hydrogens is 436 g/mol. The summed E-state index contributed by atoms with van der Waals surface area (Å²) >= 11 is 0. The molecule has 0 atom stereocenters. The van der Waals surface area contributed by atoms with E-state index in [0.29, 0.717) is 0 Å². The molecule has 0 N–H and O–H groups in total. The molecule has 5 aromatic carbocycles. The Kier molecular flexibility index (Phi) is 3.76. The van der Waals surface area contributed by atoms with Crippen LogP contribution < -0.4 is 0 Å². The highest BCUT2D eigenvalue weighted by Gasteiger charge is 2.37. The number of rotatable bonds is 1. The predicted molar refractivity (Wildman–Crippen MR) is 151 cm³/mol. The van der Waals surface area contributed by atoms with E-state index in [9.17, 15) is 0 Å². The van der Waals surface area contributed by atoms with Gasteiger partial charge in [0.1, 0.15) is 0 Å². The second-order valence-corrected chi connectivity index (χ2v) is 10.5. The lowest BCUT2D eigenvalue weighted by Crippen LogP contribution is -2.14. The molecule has 7 aromatic rings. The van der Waals surface area contributed by atoms with E-state index >= 15 is 0 Å². The van der Waals surface area contributed by atoms with Gasteiger partial charge in [0.25, 0.3) is 0 Å². The van der Waals surface area contributed by atoms with Crippen LogP contribution in [0, 0.1) is 0 Å². The molecule has 36 heavy (non-hydrogen) atoms. The van der Waals surface area contributed by atoms with E-state index in [2.05, 4.69) is 120 Å². The molecule has 0 unspecified atom stereocenters. The van der Waals surface area contributed by atoms with E-state index in [1.807, 2.05) is 12.4 Å². The van der Waals surface area contributed by atoms with Crippen molar-refractivity contribution in [2.24, 2.45) is 0 Å². The SMILES string of the molecule is CC1(C)c2cc3c4ccccc4n(-c4cccc5ccncc45)c3cc2-c2c1ccc1ccccc21. The number of pyridine rings is 1. The number of fused-ring (bicyclic) bond motifs is 9. The van der Waals surface area contributed by atoms with Crippen molar-refractivity contribution in [3.05, 3.63) is 121 Å². The van der Waals surface area contributed by atoms with Gasteiger partial charge in [-0.25, -0.2) is 0 Å². The number of para-hydroxylation sites is 1. The molecule has 0 saturated carbocycles. The minimum atomic E-state index is -0.0601. The van der Waals surface area contributed by atoms with Gasteiger partial charge in [0, 0.05) is 34.0 Å². The van der Waals surface area contributed by atoms with Crippen LogP contribution in [-0.2, 0) is 5.41 Å². The van der Waals surface area contributed by atoms with Crippen molar-refractivity contribution in [1.82, 2.24) is 9.55 Å². The van der Waals surface area contributed by atoms with Crippen LogP contribution in [0.25, 0.3) is 60.2 Å². The molecule has 2 heterocycles. The highest BCUT2D eigenvalue weighted by Crippen LogP contribution is 2.53. The minimum absolute atomic E-state index is 0.0601.